The van der Waals surface area contributed by atoms with Crippen molar-refractivity contribution < 1.29 is 9.53 Å². The molecule has 5 nitrogen and oxygen atoms in total. The van der Waals surface area contributed by atoms with Gasteiger partial charge < -0.3 is 10.5 Å². The van der Waals surface area contributed by atoms with Crippen molar-refractivity contribution in [1.82, 2.24) is 10.2 Å². The monoisotopic (exact) mass is 183 g/mol. The maximum absolute atomic E-state index is 11.3. The summed E-state index contributed by atoms with van der Waals surface area (Å²) in [5.74, 6) is 0.130. The number of hydrogen-bond acceptors (Lipinski definition) is 4. The number of nitrogens with two attached hydrogens (primary N) is 1. The zero-order valence-electron chi connectivity index (χ0n) is 7.70. The molecule has 1 aromatic rings. The second-order valence-corrected chi connectivity index (χ2v) is 3.19. The lowest BCUT2D eigenvalue weighted by Gasteiger charge is -2.05. The van der Waals surface area contributed by atoms with Gasteiger partial charge in [-0.05, 0) is 5.92 Å². The number of aromatic amines is 1. The van der Waals surface area contributed by atoms with Crippen molar-refractivity contribution in [3.05, 3.63) is 11.8 Å². The van der Waals surface area contributed by atoms with Gasteiger partial charge in [-0.25, -0.2) is 4.79 Å². The molecule has 5 heteroatoms. The van der Waals surface area contributed by atoms with Crippen LogP contribution in [0, 0.1) is 5.92 Å². The van der Waals surface area contributed by atoms with Crippen molar-refractivity contribution in [1.29, 1.82) is 0 Å². The lowest BCUT2D eigenvalue weighted by Crippen LogP contribution is -2.11. The highest BCUT2D eigenvalue weighted by molar-refractivity contribution is 5.93. The highest BCUT2D eigenvalue weighted by atomic mass is 16.5. The number of ether oxygens (including phenoxy) is 1. The van der Waals surface area contributed by atoms with Crippen molar-refractivity contribution in [2.24, 2.45) is 5.92 Å². The highest BCUT2D eigenvalue weighted by Gasteiger charge is 2.13. The van der Waals surface area contributed by atoms with E-state index in [0.717, 1.165) is 0 Å². The predicted molar refractivity (Wildman–Crippen MR) is 48.1 cm³/mol. The van der Waals surface area contributed by atoms with Crippen LogP contribution in [0.4, 0.5) is 5.82 Å². The first-order valence-corrected chi connectivity index (χ1v) is 4.07. The number of esters is 1. The molecule has 0 aliphatic carbocycles. The number of anilines is 1. The first-order valence-electron chi connectivity index (χ1n) is 4.07. The van der Waals surface area contributed by atoms with Gasteiger partial charge >= 0.3 is 5.97 Å². The van der Waals surface area contributed by atoms with Gasteiger partial charge in [0.2, 0.25) is 0 Å². The SMILES string of the molecule is CC(C)COC(=O)c1cn[nH]c1N. The standard InChI is InChI=1S/C8H13N3O2/c1-5(2)4-13-8(12)6-3-10-11-7(6)9/h3,5H,4H2,1-2H3,(H3,9,10,11). The number of hydrogen-bond donors (Lipinski definition) is 2. The summed E-state index contributed by atoms with van der Waals surface area (Å²) in [6, 6.07) is 0. The number of nitrogens with one attached hydrogen (secondary N) is 1. The van der Waals surface area contributed by atoms with Crippen LogP contribution in [-0.2, 0) is 4.74 Å². The Morgan fingerprint density at radius 1 is 1.77 bits per heavy atom. The lowest BCUT2D eigenvalue weighted by atomic mass is 10.2. The minimum absolute atomic E-state index is 0.244. The van der Waals surface area contributed by atoms with Crippen LogP contribution in [0.25, 0.3) is 0 Å². The molecule has 0 aromatic carbocycles. The van der Waals surface area contributed by atoms with E-state index in [1.165, 1.54) is 6.20 Å². The summed E-state index contributed by atoms with van der Waals surface area (Å²) in [4.78, 5) is 11.3. The summed E-state index contributed by atoms with van der Waals surface area (Å²) in [5.41, 5.74) is 5.72. The molecule has 0 aliphatic rings. The summed E-state index contributed by atoms with van der Waals surface area (Å²) in [7, 11) is 0. The van der Waals surface area contributed by atoms with Gasteiger partial charge in [-0.1, -0.05) is 13.8 Å². The van der Waals surface area contributed by atoms with Crippen LogP contribution in [-0.4, -0.2) is 22.8 Å². The molecular weight excluding hydrogens is 170 g/mol. The molecule has 0 atom stereocenters. The number of rotatable bonds is 3. The van der Waals surface area contributed by atoms with Crippen LogP contribution in [0.3, 0.4) is 0 Å². The number of nitrogens with zero attached hydrogens (tertiary/aromatic N) is 1. The van der Waals surface area contributed by atoms with E-state index in [1.807, 2.05) is 13.8 Å². The molecular formula is C8H13N3O2. The summed E-state index contributed by atoms with van der Waals surface area (Å²) in [6.45, 7) is 4.32. The van der Waals surface area contributed by atoms with Crippen molar-refractivity contribution in [3.8, 4) is 0 Å². The van der Waals surface area contributed by atoms with Gasteiger partial charge in [0.05, 0.1) is 12.8 Å². The van der Waals surface area contributed by atoms with E-state index in [1.54, 1.807) is 0 Å². The number of carbonyl (C=O) groups is 1. The molecule has 13 heavy (non-hydrogen) atoms. The largest absolute Gasteiger partial charge is 0.462 e. The predicted octanol–water partition coefficient (Wildman–Crippen LogP) is 0.805. The Morgan fingerprint density at radius 3 is 2.92 bits per heavy atom. The number of H-pyrrole nitrogens is 1. The van der Waals surface area contributed by atoms with Crippen molar-refractivity contribution in [3.63, 3.8) is 0 Å². The Balaban J connectivity index is 2.54. The second kappa shape index (κ2) is 3.93. The minimum Gasteiger partial charge on any atom is -0.462 e. The van der Waals surface area contributed by atoms with Crippen molar-refractivity contribution >= 4 is 11.8 Å². The molecule has 3 N–H and O–H groups in total. The second-order valence-electron chi connectivity index (χ2n) is 3.19. The van der Waals surface area contributed by atoms with E-state index >= 15 is 0 Å². The molecule has 0 saturated heterocycles. The molecule has 0 fully saturated rings. The molecule has 1 heterocycles. The van der Waals surface area contributed by atoms with E-state index in [4.69, 9.17) is 10.5 Å². The zero-order valence-corrected chi connectivity index (χ0v) is 7.70. The maximum atomic E-state index is 11.3. The van der Waals surface area contributed by atoms with Gasteiger partial charge in [-0.2, -0.15) is 5.10 Å². The van der Waals surface area contributed by atoms with Gasteiger partial charge in [0.1, 0.15) is 11.4 Å². The molecule has 0 amide bonds. The first kappa shape index (κ1) is 9.57. The van der Waals surface area contributed by atoms with Gasteiger partial charge in [0, 0.05) is 0 Å². The molecule has 0 spiro atoms. The summed E-state index contributed by atoms with van der Waals surface area (Å²) >= 11 is 0. The Labute approximate surface area is 76.3 Å². The fraction of sp³-hybridized carbons (Fsp3) is 0.500. The van der Waals surface area contributed by atoms with Crippen molar-refractivity contribution in [2.45, 2.75) is 13.8 Å². The summed E-state index contributed by atoms with van der Waals surface area (Å²) in [6.07, 6.45) is 1.36. The van der Waals surface area contributed by atoms with Crippen LogP contribution < -0.4 is 5.73 Å². The Kier molecular flexibility index (Phi) is 2.89. The third-order valence-corrected chi connectivity index (χ3v) is 1.44. The number of aromatic nitrogens is 2. The summed E-state index contributed by atoms with van der Waals surface area (Å²) < 4.78 is 4.95. The normalized spacial score (nSPS) is 10.4. The highest BCUT2D eigenvalue weighted by Crippen LogP contribution is 2.08. The summed E-state index contributed by atoms with van der Waals surface area (Å²) in [5, 5.41) is 6.08. The topological polar surface area (TPSA) is 81.0 Å². The Morgan fingerprint density at radius 2 is 2.46 bits per heavy atom. The molecule has 1 aromatic heterocycles. The fourth-order valence-electron chi connectivity index (χ4n) is 0.779. The smallest absolute Gasteiger partial charge is 0.343 e. The van der Waals surface area contributed by atoms with Crippen molar-refractivity contribution in [2.75, 3.05) is 12.3 Å². The Bertz CT molecular complexity index is 293. The molecule has 0 aliphatic heterocycles. The first-order chi connectivity index (χ1) is 6.11. The van der Waals surface area contributed by atoms with Crippen LogP contribution in [0.5, 0.6) is 0 Å². The van der Waals surface area contributed by atoms with Crippen LogP contribution in [0.15, 0.2) is 6.20 Å². The fourth-order valence-corrected chi connectivity index (χ4v) is 0.779. The van der Waals surface area contributed by atoms with Crippen LogP contribution in [0.1, 0.15) is 24.2 Å². The van der Waals surface area contributed by atoms with E-state index in [-0.39, 0.29) is 5.82 Å². The third-order valence-electron chi connectivity index (χ3n) is 1.44. The van der Waals surface area contributed by atoms with Crippen LogP contribution >= 0.6 is 0 Å². The van der Waals surface area contributed by atoms with Gasteiger partial charge in [0.15, 0.2) is 0 Å². The van der Waals surface area contributed by atoms with E-state index in [9.17, 15) is 4.79 Å². The van der Waals surface area contributed by atoms with E-state index in [0.29, 0.717) is 18.1 Å². The number of carbonyl (C=O) groups excluding carboxylic acids is 1. The van der Waals surface area contributed by atoms with Crippen LogP contribution in [0.2, 0.25) is 0 Å². The van der Waals surface area contributed by atoms with Gasteiger partial charge in [0.25, 0.3) is 0 Å². The lowest BCUT2D eigenvalue weighted by molar-refractivity contribution is 0.0460. The molecule has 0 bridgehead atoms. The average Bonchev–Trinajstić information content (AvgIpc) is 2.47. The van der Waals surface area contributed by atoms with E-state index in [2.05, 4.69) is 10.2 Å². The minimum atomic E-state index is -0.431. The molecule has 0 unspecified atom stereocenters. The average molecular weight is 183 g/mol. The Hall–Kier alpha value is -1.52. The van der Waals surface area contributed by atoms with Gasteiger partial charge in [-0.3, -0.25) is 5.10 Å². The molecule has 0 saturated carbocycles. The number of nitrogen functional groups attached to an aromatic ring is 1. The quantitative estimate of drug-likeness (QED) is 0.679. The maximum Gasteiger partial charge on any atom is 0.343 e. The third kappa shape index (κ3) is 2.47. The molecule has 72 valence electrons. The van der Waals surface area contributed by atoms with Gasteiger partial charge in [-0.15, -0.1) is 0 Å². The molecule has 1 rings (SSSR count). The molecule has 0 radical (unpaired) electrons. The zero-order chi connectivity index (χ0) is 9.84. The van der Waals surface area contributed by atoms with E-state index < -0.39 is 5.97 Å².